The Labute approximate surface area is 128 Å². The Morgan fingerprint density at radius 1 is 1.05 bits per heavy atom. The van der Waals surface area contributed by atoms with Crippen LogP contribution in [0.2, 0.25) is 0 Å². The van der Waals surface area contributed by atoms with Crippen molar-refractivity contribution in [2.75, 3.05) is 10.6 Å². The zero-order chi connectivity index (χ0) is 15.4. The van der Waals surface area contributed by atoms with E-state index in [2.05, 4.69) is 10.6 Å². The molecule has 0 bridgehead atoms. The number of aromatic carboxylic acids is 1. The van der Waals surface area contributed by atoms with E-state index in [0.29, 0.717) is 5.11 Å². The molecule has 0 spiro atoms. The van der Waals surface area contributed by atoms with Crippen molar-refractivity contribution in [3.05, 3.63) is 59.2 Å². The Morgan fingerprint density at radius 3 is 2.33 bits per heavy atom. The number of nitrogens with one attached hydrogen (secondary N) is 2. The van der Waals surface area contributed by atoms with Gasteiger partial charge in [0.15, 0.2) is 5.11 Å². The standard InChI is InChI=1S/C16H16N2O2S/c1-10-4-3-5-14(11(10)2)18-16(21)17-13-8-6-12(7-9-13)15(19)20/h3-9H,1-2H3,(H,19,20)(H2,17,18,21). The van der Waals surface area contributed by atoms with Gasteiger partial charge in [-0.2, -0.15) is 0 Å². The third-order valence-corrected chi connectivity index (χ3v) is 3.45. The number of benzene rings is 2. The highest BCUT2D eigenvalue weighted by molar-refractivity contribution is 7.80. The molecule has 0 radical (unpaired) electrons. The van der Waals surface area contributed by atoms with Crippen LogP contribution in [0, 0.1) is 13.8 Å². The van der Waals surface area contributed by atoms with Gasteiger partial charge in [-0.05, 0) is 67.5 Å². The second-order valence-corrected chi connectivity index (χ2v) is 5.12. The maximum atomic E-state index is 10.8. The van der Waals surface area contributed by atoms with Crippen molar-refractivity contribution in [3.8, 4) is 0 Å². The van der Waals surface area contributed by atoms with Crippen LogP contribution in [0.3, 0.4) is 0 Å². The van der Waals surface area contributed by atoms with E-state index in [0.717, 1.165) is 16.9 Å². The van der Waals surface area contributed by atoms with Crippen LogP contribution in [-0.4, -0.2) is 16.2 Å². The molecule has 0 heterocycles. The predicted octanol–water partition coefficient (Wildman–Crippen LogP) is 3.81. The molecule has 2 rings (SSSR count). The number of hydrogen-bond donors (Lipinski definition) is 3. The second kappa shape index (κ2) is 6.37. The molecule has 0 aromatic heterocycles. The molecule has 0 unspecified atom stereocenters. The van der Waals surface area contributed by atoms with Crippen molar-refractivity contribution in [1.82, 2.24) is 0 Å². The van der Waals surface area contributed by atoms with Crippen molar-refractivity contribution in [3.63, 3.8) is 0 Å². The molecule has 0 saturated heterocycles. The lowest BCUT2D eigenvalue weighted by Gasteiger charge is -2.13. The number of hydrogen-bond acceptors (Lipinski definition) is 2. The van der Waals surface area contributed by atoms with E-state index < -0.39 is 5.97 Å². The fraction of sp³-hybridized carbons (Fsp3) is 0.125. The normalized spacial score (nSPS) is 10.0. The number of thiocarbonyl (C=S) groups is 1. The monoisotopic (exact) mass is 300 g/mol. The van der Waals surface area contributed by atoms with E-state index in [1.54, 1.807) is 12.1 Å². The Bertz CT molecular complexity index is 681. The number of anilines is 2. The molecule has 21 heavy (non-hydrogen) atoms. The maximum absolute atomic E-state index is 10.8. The Morgan fingerprint density at radius 2 is 1.71 bits per heavy atom. The smallest absolute Gasteiger partial charge is 0.335 e. The summed E-state index contributed by atoms with van der Waals surface area (Å²) in [5, 5.41) is 15.5. The fourth-order valence-electron chi connectivity index (χ4n) is 1.87. The largest absolute Gasteiger partial charge is 0.478 e. The summed E-state index contributed by atoms with van der Waals surface area (Å²) in [5.74, 6) is -0.947. The first kappa shape index (κ1) is 15.0. The van der Waals surface area contributed by atoms with Gasteiger partial charge in [0, 0.05) is 11.4 Å². The topological polar surface area (TPSA) is 61.4 Å². The van der Waals surface area contributed by atoms with E-state index in [1.165, 1.54) is 17.7 Å². The van der Waals surface area contributed by atoms with Gasteiger partial charge in [0.05, 0.1) is 5.56 Å². The van der Waals surface area contributed by atoms with Crippen molar-refractivity contribution in [2.45, 2.75) is 13.8 Å². The quantitative estimate of drug-likeness (QED) is 0.752. The minimum absolute atomic E-state index is 0.244. The zero-order valence-corrected chi connectivity index (χ0v) is 12.6. The van der Waals surface area contributed by atoms with Gasteiger partial charge < -0.3 is 15.7 Å². The number of rotatable bonds is 3. The van der Waals surface area contributed by atoms with Crippen LogP contribution in [0.4, 0.5) is 11.4 Å². The summed E-state index contributed by atoms with van der Waals surface area (Å²) in [6.45, 7) is 4.07. The minimum atomic E-state index is -0.947. The first-order chi connectivity index (χ1) is 9.97. The predicted molar refractivity (Wildman–Crippen MR) is 89.2 cm³/mol. The SMILES string of the molecule is Cc1cccc(NC(=S)Nc2ccc(C(=O)O)cc2)c1C. The van der Waals surface area contributed by atoms with E-state index in [-0.39, 0.29) is 5.56 Å². The van der Waals surface area contributed by atoms with Crippen LogP contribution in [0.5, 0.6) is 0 Å². The molecule has 108 valence electrons. The second-order valence-electron chi connectivity index (χ2n) is 4.71. The van der Waals surface area contributed by atoms with Gasteiger partial charge in [0.25, 0.3) is 0 Å². The van der Waals surface area contributed by atoms with Crippen LogP contribution in [-0.2, 0) is 0 Å². The molecule has 0 saturated carbocycles. The van der Waals surface area contributed by atoms with Crippen molar-refractivity contribution < 1.29 is 9.90 Å². The van der Waals surface area contributed by atoms with Crippen LogP contribution in [0.1, 0.15) is 21.5 Å². The number of carboxylic acid groups (broad SMARTS) is 1. The number of carboxylic acids is 1. The highest BCUT2D eigenvalue weighted by atomic mass is 32.1. The molecular formula is C16H16N2O2S. The molecule has 0 atom stereocenters. The van der Waals surface area contributed by atoms with Crippen LogP contribution in [0.25, 0.3) is 0 Å². The van der Waals surface area contributed by atoms with Gasteiger partial charge in [0.2, 0.25) is 0 Å². The van der Waals surface area contributed by atoms with Crippen molar-refractivity contribution >= 4 is 34.7 Å². The summed E-state index contributed by atoms with van der Waals surface area (Å²) in [6.07, 6.45) is 0. The van der Waals surface area contributed by atoms with Gasteiger partial charge in [-0.1, -0.05) is 12.1 Å². The van der Waals surface area contributed by atoms with E-state index in [9.17, 15) is 4.79 Å². The lowest BCUT2D eigenvalue weighted by molar-refractivity contribution is 0.0697. The fourth-order valence-corrected chi connectivity index (χ4v) is 2.10. The van der Waals surface area contributed by atoms with Gasteiger partial charge in [-0.15, -0.1) is 0 Å². The molecule has 3 N–H and O–H groups in total. The first-order valence-corrected chi connectivity index (χ1v) is 6.86. The molecule has 0 aliphatic heterocycles. The van der Waals surface area contributed by atoms with Gasteiger partial charge in [-0.25, -0.2) is 4.79 Å². The lowest BCUT2D eigenvalue weighted by Crippen LogP contribution is -2.19. The summed E-state index contributed by atoms with van der Waals surface area (Å²) in [5.41, 5.74) is 4.27. The number of aryl methyl sites for hydroxylation is 1. The van der Waals surface area contributed by atoms with E-state index in [4.69, 9.17) is 17.3 Å². The summed E-state index contributed by atoms with van der Waals surface area (Å²) >= 11 is 5.27. The van der Waals surface area contributed by atoms with E-state index in [1.807, 2.05) is 32.0 Å². The molecule has 2 aromatic carbocycles. The Hall–Kier alpha value is -2.40. The van der Waals surface area contributed by atoms with E-state index >= 15 is 0 Å². The molecule has 0 fully saturated rings. The first-order valence-electron chi connectivity index (χ1n) is 6.45. The summed E-state index contributed by atoms with van der Waals surface area (Å²) in [7, 11) is 0. The molecule has 2 aromatic rings. The average Bonchev–Trinajstić information content (AvgIpc) is 2.44. The molecule has 5 heteroatoms. The molecule has 0 aliphatic carbocycles. The van der Waals surface area contributed by atoms with Crippen LogP contribution in [0.15, 0.2) is 42.5 Å². The number of carbonyl (C=O) groups is 1. The summed E-state index contributed by atoms with van der Waals surface area (Å²) in [6, 6.07) is 12.4. The summed E-state index contributed by atoms with van der Waals surface area (Å²) < 4.78 is 0. The maximum Gasteiger partial charge on any atom is 0.335 e. The highest BCUT2D eigenvalue weighted by Gasteiger charge is 2.05. The third kappa shape index (κ3) is 3.79. The summed E-state index contributed by atoms with van der Waals surface area (Å²) in [4.78, 5) is 10.8. The Balaban J connectivity index is 2.04. The van der Waals surface area contributed by atoms with Gasteiger partial charge >= 0.3 is 5.97 Å². The average molecular weight is 300 g/mol. The highest BCUT2D eigenvalue weighted by Crippen LogP contribution is 2.18. The Kier molecular flexibility index (Phi) is 4.55. The molecule has 4 nitrogen and oxygen atoms in total. The third-order valence-electron chi connectivity index (χ3n) is 3.24. The van der Waals surface area contributed by atoms with Gasteiger partial charge in [-0.3, -0.25) is 0 Å². The van der Waals surface area contributed by atoms with Crippen LogP contribution < -0.4 is 10.6 Å². The van der Waals surface area contributed by atoms with Crippen LogP contribution >= 0.6 is 12.2 Å². The molecule has 0 amide bonds. The van der Waals surface area contributed by atoms with Crippen molar-refractivity contribution in [1.29, 1.82) is 0 Å². The zero-order valence-electron chi connectivity index (χ0n) is 11.8. The van der Waals surface area contributed by atoms with Crippen molar-refractivity contribution in [2.24, 2.45) is 0 Å². The lowest BCUT2D eigenvalue weighted by atomic mass is 10.1. The van der Waals surface area contributed by atoms with Gasteiger partial charge in [0.1, 0.15) is 0 Å². The minimum Gasteiger partial charge on any atom is -0.478 e. The molecular weight excluding hydrogens is 284 g/mol. The molecule has 0 aliphatic rings.